The van der Waals surface area contributed by atoms with Crippen LogP contribution in [0, 0.1) is 52.2 Å². The van der Waals surface area contributed by atoms with E-state index in [1.165, 1.54) is 44.1 Å². The maximum Gasteiger partial charge on any atom is 0.255 e. The van der Waals surface area contributed by atoms with Crippen LogP contribution in [0.4, 0.5) is 0 Å². The molecule has 0 unspecified atom stereocenters. The fourth-order valence-corrected chi connectivity index (χ4v) is 5.50. The van der Waals surface area contributed by atoms with E-state index in [0.717, 1.165) is 0 Å². The van der Waals surface area contributed by atoms with Crippen molar-refractivity contribution in [1.82, 2.24) is 4.90 Å². The van der Waals surface area contributed by atoms with Crippen molar-refractivity contribution in [1.29, 1.82) is 0 Å². The fourth-order valence-electron chi connectivity index (χ4n) is 5.50. The summed E-state index contributed by atoms with van der Waals surface area (Å²) in [7, 11) is 3.01. The average molecular weight is 595 g/mol. The topological polar surface area (TPSA) is 182 Å². The largest absolute Gasteiger partial charge is 0.508 e. The first-order valence-electron chi connectivity index (χ1n) is 9.97. The van der Waals surface area contributed by atoms with Crippen LogP contribution in [0.15, 0.2) is 35.1 Å². The van der Waals surface area contributed by atoms with Crippen molar-refractivity contribution in [2.75, 3.05) is 14.1 Å². The van der Waals surface area contributed by atoms with Gasteiger partial charge in [0.05, 0.1) is 17.2 Å². The van der Waals surface area contributed by atoms with Gasteiger partial charge in [0.2, 0.25) is 5.78 Å². The summed E-state index contributed by atoms with van der Waals surface area (Å²) >= 11 is 0. The second kappa shape index (κ2) is 8.11. The molecule has 11 heteroatoms. The Morgan fingerprint density at radius 1 is 1.15 bits per heavy atom. The number of aromatic hydroxyl groups is 1. The number of Topliss-reactive ketones (excluding diaryl/α,β-unsaturated/α-hetero) is 2. The van der Waals surface area contributed by atoms with Gasteiger partial charge in [0.15, 0.2) is 11.4 Å². The van der Waals surface area contributed by atoms with Gasteiger partial charge in [0.1, 0.15) is 22.8 Å². The zero-order chi connectivity index (χ0) is 23.9. The molecule has 3 aliphatic carbocycles. The van der Waals surface area contributed by atoms with Crippen LogP contribution in [0.2, 0.25) is 0 Å². The molecule has 1 aromatic rings. The van der Waals surface area contributed by atoms with Gasteiger partial charge in [-0.25, -0.2) is 0 Å². The molecule has 1 fully saturated rings. The Labute approximate surface area is 221 Å². The van der Waals surface area contributed by atoms with Crippen molar-refractivity contribution in [3.63, 3.8) is 0 Å². The van der Waals surface area contributed by atoms with Crippen LogP contribution in [0.5, 0.6) is 5.75 Å². The molecule has 0 bridgehead atoms. The van der Waals surface area contributed by atoms with Gasteiger partial charge >= 0.3 is 0 Å². The summed E-state index contributed by atoms with van der Waals surface area (Å²) in [6.07, 6.45) is -0.200. The number of rotatable bonds is 2. The number of primary amides is 1. The summed E-state index contributed by atoms with van der Waals surface area (Å²) in [5.74, 6) is -7.90. The van der Waals surface area contributed by atoms with E-state index in [1.54, 1.807) is 0 Å². The summed E-state index contributed by atoms with van der Waals surface area (Å²) in [4.78, 5) is 40.0. The predicted octanol–water partition coefficient (Wildman–Crippen LogP) is -0.371. The minimum Gasteiger partial charge on any atom is -0.508 e. The third kappa shape index (κ3) is 3.21. The van der Waals surface area contributed by atoms with Gasteiger partial charge in [-0.1, -0.05) is 12.1 Å². The van der Waals surface area contributed by atoms with Crippen molar-refractivity contribution < 1.29 is 80.3 Å². The SMILES string of the molecule is CN(C)[C@@H]1C(=O)C(C(N)=O)=C(O)[C@@]2(O)C(=O)C3=C(O)c4c(O)cccc4[C@@](C)(O)[C@H]3C[C@@H]12.[Sm]. The summed E-state index contributed by atoms with van der Waals surface area (Å²) in [6, 6.07) is 3.02. The molecule has 1 aromatic carbocycles. The number of benzene rings is 1. The number of aliphatic hydroxyl groups is 4. The second-order valence-electron chi connectivity index (χ2n) is 8.96. The molecule has 1 amide bonds. The molecule has 5 atom stereocenters. The minimum atomic E-state index is -2.75. The minimum absolute atomic E-state index is 0. The number of phenolic OH excluding ortho intramolecular Hbond substituents is 1. The monoisotopic (exact) mass is 596 g/mol. The van der Waals surface area contributed by atoms with E-state index < -0.39 is 75.0 Å². The second-order valence-corrected chi connectivity index (χ2v) is 8.96. The molecule has 7 N–H and O–H groups in total. The molecule has 10 nitrogen and oxygen atoms in total. The van der Waals surface area contributed by atoms with Crippen molar-refractivity contribution in [2.24, 2.45) is 17.6 Å². The standard InChI is InChI=1S/C22H24N2O8.Sm/c1-21(31)8-5-4-6-11(25)12(8)16(26)13-9(21)7-10-15(24(2)3)17(27)14(20(23)30)19(29)22(10,32)18(13)28;/h4-6,9-10,15,25-26,29,31-32H,7H2,1-3H3,(H2,23,30);/t9-,10-,15-,21+,22-;/m0./s1. The molecule has 3 aliphatic rings. The fraction of sp³-hybridized carbons (Fsp3) is 0.409. The van der Waals surface area contributed by atoms with Crippen molar-refractivity contribution in [3.05, 3.63) is 46.2 Å². The molecular weight excluding hydrogens is 571 g/mol. The molecule has 0 radical (unpaired) electrons. The van der Waals surface area contributed by atoms with Gasteiger partial charge in [-0.3, -0.25) is 19.3 Å². The van der Waals surface area contributed by atoms with Gasteiger partial charge in [-0.15, -0.1) is 0 Å². The Morgan fingerprint density at radius 3 is 2.30 bits per heavy atom. The number of carbonyl (C=O) groups is 3. The summed E-state index contributed by atoms with van der Waals surface area (Å²) in [5.41, 5.74) is -0.548. The molecule has 0 saturated heterocycles. The number of nitrogens with zero attached hydrogens (tertiary/aromatic N) is 1. The van der Waals surface area contributed by atoms with Gasteiger partial charge in [0, 0.05) is 57.8 Å². The van der Waals surface area contributed by atoms with Crippen LogP contribution in [0.1, 0.15) is 24.5 Å². The smallest absolute Gasteiger partial charge is 0.255 e. The molecule has 33 heavy (non-hydrogen) atoms. The number of hydrogen-bond acceptors (Lipinski definition) is 9. The van der Waals surface area contributed by atoms with E-state index in [2.05, 4.69) is 0 Å². The number of likely N-dealkylation sites (N-methyl/N-ethyl adjacent to an activating group) is 1. The van der Waals surface area contributed by atoms with Crippen LogP contribution < -0.4 is 5.73 Å². The first-order chi connectivity index (χ1) is 14.8. The molecule has 0 aromatic heterocycles. The first kappa shape index (κ1) is 25.7. The Morgan fingerprint density at radius 2 is 1.76 bits per heavy atom. The van der Waals surface area contributed by atoms with Crippen LogP contribution in [0.3, 0.4) is 0 Å². The van der Waals surface area contributed by atoms with Crippen LogP contribution in [-0.2, 0) is 20.0 Å². The van der Waals surface area contributed by atoms with Crippen LogP contribution in [-0.4, -0.2) is 73.6 Å². The number of aliphatic hydroxyl groups excluding tert-OH is 2. The molecule has 0 spiro atoms. The Hall–Kier alpha value is -1.87. The zero-order valence-corrected chi connectivity index (χ0v) is 20.7. The Balaban J connectivity index is 0.00000306. The van der Waals surface area contributed by atoms with Gasteiger partial charge in [0.25, 0.3) is 5.91 Å². The number of hydrogen-bond donors (Lipinski definition) is 6. The number of nitrogens with two attached hydrogens (primary N) is 1. The van der Waals surface area contributed by atoms with E-state index in [-0.39, 0.29) is 57.9 Å². The van der Waals surface area contributed by atoms with Gasteiger partial charge in [-0.05, 0) is 39.1 Å². The number of phenols is 1. The van der Waals surface area contributed by atoms with Crippen LogP contribution in [0.25, 0.3) is 5.76 Å². The zero-order valence-electron chi connectivity index (χ0n) is 18.1. The molecule has 0 aliphatic heterocycles. The Bertz CT molecular complexity index is 1160. The summed E-state index contributed by atoms with van der Waals surface area (Å²) < 4.78 is 0. The maximum atomic E-state index is 13.7. The number of carbonyl (C=O) groups excluding carboxylic acids is 3. The summed E-state index contributed by atoms with van der Waals surface area (Å²) in [6.45, 7) is 1.40. The van der Waals surface area contributed by atoms with E-state index in [9.17, 15) is 39.9 Å². The molecule has 4 rings (SSSR count). The van der Waals surface area contributed by atoms with Crippen LogP contribution >= 0.6 is 0 Å². The number of ketones is 2. The number of amides is 1. The normalized spacial score (nSPS) is 33.3. The number of fused-ring (bicyclic) bond motifs is 3. The molecular formula is C22H24N2O8Sm. The quantitative estimate of drug-likeness (QED) is 0.249. The molecule has 1 saturated carbocycles. The third-order valence-electron chi connectivity index (χ3n) is 7.02. The van der Waals surface area contributed by atoms with Crippen molar-refractivity contribution in [3.8, 4) is 5.75 Å². The molecule has 0 heterocycles. The first-order valence-corrected chi connectivity index (χ1v) is 9.97. The Kier molecular flexibility index (Phi) is 6.33. The average Bonchev–Trinajstić information content (AvgIpc) is 2.68. The van der Waals surface area contributed by atoms with E-state index in [1.807, 2.05) is 0 Å². The van der Waals surface area contributed by atoms with Gasteiger partial charge in [-0.2, -0.15) is 0 Å². The summed E-state index contributed by atoms with van der Waals surface area (Å²) in [5, 5.41) is 54.9. The van der Waals surface area contributed by atoms with Crippen molar-refractivity contribution in [2.45, 2.75) is 30.6 Å². The van der Waals surface area contributed by atoms with Crippen molar-refractivity contribution >= 4 is 23.2 Å². The van der Waals surface area contributed by atoms with Gasteiger partial charge < -0.3 is 31.3 Å². The van der Waals surface area contributed by atoms with E-state index >= 15 is 0 Å². The predicted molar refractivity (Wildman–Crippen MR) is 110 cm³/mol. The van der Waals surface area contributed by atoms with E-state index in [0.29, 0.717) is 0 Å². The van der Waals surface area contributed by atoms with E-state index in [4.69, 9.17) is 5.73 Å². The third-order valence-corrected chi connectivity index (χ3v) is 7.02. The maximum absolute atomic E-state index is 13.7. The molecule has 176 valence electrons.